The van der Waals surface area contributed by atoms with Gasteiger partial charge >= 0.3 is 0 Å². The highest BCUT2D eigenvalue weighted by molar-refractivity contribution is 5.78. The van der Waals surface area contributed by atoms with Gasteiger partial charge in [-0.25, -0.2) is 0 Å². The van der Waals surface area contributed by atoms with Crippen LogP contribution in [0.3, 0.4) is 0 Å². The molecule has 2 aliphatic rings. The topological polar surface area (TPSA) is 72.8 Å². The lowest BCUT2D eigenvalue weighted by molar-refractivity contribution is -0.127. The first-order chi connectivity index (χ1) is 12.2. The lowest BCUT2D eigenvalue weighted by Crippen LogP contribution is -2.35. The molecule has 2 atom stereocenters. The van der Waals surface area contributed by atoms with Crippen LogP contribution in [0, 0.1) is 11.8 Å². The van der Waals surface area contributed by atoms with Gasteiger partial charge in [0, 0.05) is 37.8 Å². The highest BCUT2D eigenvalue weighted by atomic mass is 16.3. The first kappa shape index (κ1) is 18.2. The molecule has 1 heterocycles. The second kappa shape index (κ2) is 8.68. The van der Waals surface area contributed by atoms with Crippen molar-refractivity contribution in [3.05, 3.63) is 29.8 Å². The summed E-state index contributed by atoms with van der Waals surface area (Å²) in [4.78, 5) is 14.6. The summed E-state index contributed by atoms with van der Waals surface area (Å²) < 4.78 is 0. The SMILES string of the molecule is O=C(NCc1ccc(N2CCC(CO)CC2)cc1)[C@@H]1CCC[C@H](O)C1. The van der Waals surface area contributed by atoms with E-state index in [-0.39, 0.29) is 17.9 Å². The van der Waals surface area contributed by atoms with Gasteiger partial charge in [0.25, 0.3) is 0 Å². The maximum Gasteiger partial charge on any atom is 0.223 e. The third-order valence-electron chi connectivity index (χ3n) is 5.66. The zero-order valence-electron chi connectivity index (χ0n) is 14.9. The van der Waals surface area contributed by atoms with Crippen molar-refractivity contribution in [3.8, 4) is 0 Å². The van der Waals surface area contributed by atoms with Crippen molar-refractivity contribution in [3.63, 3.8) is 0 Å². The molecule has 5 heteroatoms. The predicted octanol–water partition coefficient (Wildman–Crippen LogP) is 2.06. The molecule has 1 aliphatic heterocycles. The molecule has 0 unspecified atom stereocenters. The highest BCUT2D eigenvalue weighted by Crippen LogP contribution is 2.25. The molecular formula is C20H30N2O3. The molecule has 1 amide bonds. The van der Waals surface area contributed by atoms with Crippen LogP contribution in [0.15, 0.2) is 24.3 Å². The van der Waals surface area contributed by atoms with Gasteiger partial charge in [0.15, 0.2) is 0 Å². The monoisotopic (exact) mass is 346 g/mol. The molecule has 1 aromatic rings. The van der Waals surface area contributed by atoms with Gasteiger partial charge in [-0.15, -0.1) is 0 Å². The number of rotatable bonds is 5. The summed E-state index contributed by atoms with van der Waals surface area (Å²) in [5.74, 6) is 0.466. The Balaban J connectivity index is 1.47. The fourth-order valence-corrected chi connectivity index (χ4v) is 3.93. The number of carbonyl (C=O) groups is 1. The molecule has 5 nitrogen and oxygen atoms in total. The normalized spacial score (nSPS) is 25.0. The van der Waals surface area contributed by atoms with Gasteiger partial charge < -0.3 is 20.4 Å². The Bertz CT molecular complexity index is 553. The van der Waals surface area contributed by atoms with E-state index in [1.165, 1.54) is 5.69 Å². The molecule has 1 aliphatic carbocycles. The fourth-order valence-electron chi connectivity index (χ4n) is 3.93. The zero-order chi connectivity index (χ0) is 17.6. The Hall–Kier alpha value is -1.59. The Kier molecular flexibility index (Phi) is 6.32. The second-order valence-electron chi connectivity index (χ2n) is 7.51. The number of hydrogen-bond donors (Lipinski definition) is 3. The zero-order valence-corrected chi connectivity index (χ0v) is 14.9. The minimum Gasteiger partial charge on any atom is -0.396 e. The lowest BCUT2D eigenvalue weighted by atomic mass is 9.86. The molecule has 3 rings (SSSR count). The number of anilines is 1. The minimum absolute atomic E-state index is 0.0455. The van der Waals surface area contributed by atoms with Crippen LogP contribution >= 0.6 is 0 Å². The standard InChI is InChI=1S/C20H30N2O3/c23-14-16-8-10-22(11-9-16)18-6-4-15(5-7-18)13-21-20(25)17-2-1-3-19(24)12-17/h4-7,16-17,19,23-24H,1-3,8-14H2,(H,21,25)/t17-,19+/m1/s1. The molecule has 0 aromatic heterocycles. The largest absolute Gasteiger partial charge is 0.396 e. The number of piperidine rings is 1. The minimum atomic E-state index is -0.321. The molecule has 3 N–H and O–H groups in total. The molecular weight excluding hydrogens is 316 g/mol. The molecule has 0 spiro atoms. The number of nitrogens with zero attached hydrogens (tertiary/aromatic N) is 1. The molecule has 1 saturated heterocycles. The van der Waals surface area contributed by atoms with Crippen LogP contribution < -0.4 is 10.2 Å². The predicted molar refractivity (Wildman–Crippen MR) is 98.3 cm³/mol. The average molecular weight is 346 g/mol. The van der Waals surface area contributed by atoms with Crippen molar-refractivity contribution in [2.75, 3.05) is 24.6 Å². The second-order valence-corrected chi connectivity index (χ2v) is 7.51. The van der Waals surface area contributed by atoms with E-state index in [1.807, 2.05) is 0 Å². The van der Waals surface area contributed by atoms with Crippen molar-refractivity contribution in [1.82, 2.24) is 5.32 Å². The summed E-state index contributed by atoms with van der Waals surface area (Å²) in [5, 5.41) is 21.9. The van der Waals surface area contributed by atoms with Crippen molar-refractivity contribution < 1.29 is 15.0 Å². The van der Waals surface area contributed by atoms with Crippen LogP contribution in [0.5, 0.6) is 0 Å². The smallest absolute Gasteiger partial charge is 0.223 e. The van der Waals surface area contributed by atoms with Gasteiger partial charge in [-0.3, -0.25) is 4.79 Å². The van der Waals surface area contributed by atoms with Crippen molar-refractivity contribution in [2.45, 2.75) is 51.2 Å². The Morgan fingerprint density at radius 3 is 2.48 bits per heavy atom. The van der Waals surface area contributed by atoms with Gasteiger partial charge in [0.2, 0.25) is 5.91 Å². The fraction of sp³-hybridized carbons (Fsp3) is 0.650. The van der Waals surface area contributed by atoms with Gasteiger partial charge in [-0.2, -0.15) is 0 Å². The number of aliphatic hydroxyl groups is 2. The summed E-state index contributed by atoms with van der Waals surface area (Å²) in [6, 6.07) is 8.38. The van der Waals surface area contributed by atoms with E-state index < -0.39 is 0 Å². The highest BCUT2D eigenvalue weighted by Gasteiger charge is 2.25. The van der Waals surface area contributed by atoms with Crippen LogP contribution in [0.4, 0.5) is 5.69 Å². The van der Waals surface area contributed by atoms with E-state index in [1.54, 1.807) is 0 Å². The van der Waals surface area contributed by atoms with Crippen LogP contribution in [0.1, 0.15) is 44.1 Å². The van der Waals surface area contributed by atoms with Gasteiger partial charge in [-0.1, -0.05) is 18.6 Å². The van der Waals surface area contributed by atoms with Crippen LogP contribution in [0.25, 0.3) is 0 Å². The Morgan fingerprint density at radius 2 is 1.84 bits per heavy atom. The van der Waals surface area contributed by atoms with Crippen LogP contribution in [-0.4, -0.2) is 41.9 Å². The molecule has 1 aromatic carbocycles. The summed E-state index contributed by atoms with van der Waals surface area (Å²) in [5.41, 5.74) is 2.31. The Labute approximate surface area is 150 Å². The molecule has 0 radical (unpaired) electrons. The van der Waals surface area contributed by atoms with E-state index in [0.29, 0.717) is 25.5 Å². The molecule has 138 valence electrons. The summed E-state index contributed by atoms with van der Waals surface area (Å²) >= 11 is 0. The molecule has 25 heavy (non-hydrogen) atoms. The number of benzene rings is 1. The Morgan fingerprint density at radius 1 is 1.12 bits per heavy atom. The summed E-state index contributed by atoms with van der Waals surface area (Å²) in [7, 11) is 0. The quantitative estimate of drug-likeness (QED) is 0.763. The van der Waals surface area contributed by atoms with Crippen molar-refractivity contribution in [1.29, 1.82) is 0 Å². The van der Waals surface area contributed by atoms with Crippen LogP contribution in [0.2, 0.25) is 0 Å². The number of nitrogens with one attached hydrogen (secondary N) is 1. The first-order valence-corrected chi connectivity index (χ1v) is 9.56. The van der Waals surface area contributed by atoms with Crippen LogP contribution in [-0.2, 0) is 11.3 Å². The van der Waals surface area contributed by atoms with E-state index in [9.17, 15) is 15.0 Å². The van der Waals surface area contributed by atoms with E-state index in [2.05, 4.69) is 34.5 Å². The van der Waals surface area contributed by atoms with E-state index in [4.69, 9.17) is 0 Å². The lowest BCUT2D eigenvalue weighted by Gasteiger charge is -2.33. The molecule has 2 fully saturated rings. The third kappa shape index (κ3) is 4.95. The van der Waals surface area contributed by atoms with Gasteiger partial charge in [0.1, 0.15) is 0 Å². The summed E-state index contributed by atoms with van der Waals surface area (Å²) in [6.07, 6.45) is 4.99. The number of aliphatic hydroxyl groups excluding tert-OH is 2. The third-order valence-corrected chi connectivity index (χ3v) is 5.66. The average Bonchev–Trinajstić information content (AvgIpc) is 2.66. The molecule has 0 bridgehead atoms. The first-order valence-electron chi connectivity index (χ1n) is 9.56. The maximum atomic E-state index is 12.2. The van der Waals surface area contributed by atoms with Gasteiger partial charge in [0.05, 0.1) is 6.10 Å². The van der Waals surface area contributed by atoms with Crippen molar-refractivity contribution >= 4 is 11.6 Å². The van der Waals surface area contributed by atoms with E-state index in [0.717, 1.165) is 50.8 Å². The molecule has 1 saturated carbocycles. The maximum absolute atomic E-state index is 12.2. The van der Waals surface area contributed by atoms with Crippen molar-refractivity contribution in [2.24, 2.45) is 11.8 Å². The van der Waals surface area contributed by atoms with Gasteiger partial charge in [-0.05, 0) is 55.7 Å². The van der Waals surface area contributed by atoms with E-state index >= 15 is 0 Å². The number of hydrogen-bond acceptors (Lipinski definition) is 4. The number of carbonyl (C=O) groups excluding carboxylic acids is 1. The number of amides is 1. The summed E-state index contributed by atoms with van der Waals surface area (Å²) in [6.45, 7) is 2.82.